The molecule has 1 aliphatic carbocycles. The van der Waals surface area contributed by atoms with Crippen molar-refractivity contribution in [1.82, 2.24) is 9.80 Å². The lowest BCUT2D eigenvalue weighted by atomic mass is 9.62. The molecule has 226 valence electrons. The summed E-state index contributed by atoms with van der Waals surface area (Å²) in [4.78, 5) is 29.2. The monoisotopic (exact) mass is 594 g/mol. The van der Waals surface area contributed by atoms with Crippen molar-refractivity contribution in [3.8, 4) is 5.75 Å². The molecule has 1 aliphatic heterocycles. The first-order valence-electron chi connectivity index (χ1n) is 14.5. The molecule has 41 heavy (non-hydrogen) atoms. The molecule has 1 heterocycles. The average Bonchev–Trinajstić information content (AvgIpc) is 2.93. The molecule has 9 heteroatoms. The van der Waals surface area contributed by atoms with Crippen molar-refractivity contribution in [1.29, 1.82) is 0 Å². The minimum Gasteiger partial charge on any atom is -0.494 e. The number of nitrogens with zero attached hydrogens (tertiary/aromatic N) is 2. The molecule has 2 aliphatic rings. The fourth-order valence-electron chi connectivity index (χ4n) is 5.93. The van der Waals surface area contributed by atoms with E-state index in [1.165, 1.54) is 17.0 Å². The zero-order valence-electron chi connectivity index (χ0n) is 24.7. The van der Waals surface area contributed by atoms with E-state index in [9.17, 15) is 22.8 Å². The maximum Gasteiger partial charge on any atom is 0.416 e. The van der Waals surface area contributed by atoms with E-state index in [1.54, 1.807) is 43.3 Å². The molecule has 5 nitrogen and oxygen atoms in total. The highest BCUT2D eigenvalue weighted by molar-refractivity contribution is 6.34. The summed E-state index contributed by atoms with van der Waals surface area (Å²) in [7, 11) is 3.33. The summed E-state index contributed by atoms with van der Waals surface area (Å²) in [6.45, 7) is 7.64. The van der Waals surface area contributed by atoms with Crippen molar-refractivity contribution < 1.29 is 27.5 Å². The Balaban J connectivity index is 0.00000226. The normalized spacial score (nSPS) is 17.5. The van der Waals surface area contributed by atoms with Crippen molar-refractivity contribution in [3.05, 3.63) is 64.2 Å². The van der Waals surface area contributed by atoms with Crippen LogP contribution in [0.2, 0.25) is 5.02 Å². The first-order valence-corrected chi connectivity index (χ1v) is 14.9. The quantitative estimate of drug-likeness (QED) is 0.311. The Labute approximate surface area is 247 Å². The van der Waals surface area contributed by atoms with Crippen molar-refractivity contribution in [3.63, 3.8) is 0 Å². The number of amides is 2. The summed E-state index contributed by atoms with van der Waals surface area (Å²) in [5.74, 6) is 0.237. The van der Waals surface area contributed by atoms with E-state index in [1.807, 2.05) is 13.8 Å². The molecule has 2 aromatic rings. The summed E-state index contributed by atoms with van der Waals surface area (Å²) in [6, 6.07) is 10.6. The molecule has 1 saturated carbocycles. The molecule has 2 amide bonds. The Bertz CT molecular complexity index is 1200. The van der Waals surface area contributed by atoms with E-state index in [2.05, 4.69) is 6.92 Å². The molecule has 0 radical (unpaired) electrons. The number of carbonyl (C=O) groups excluding carboxylic acids is 2. The summed E-state index contributed by atoms with van der Waals surface area (Å²) in [5, 5.41) is 0.334. The fourth-order valence-corrected chi connectivity index (χ4v) is 6.18. The van der Waals surface area contributed by atoms with Gasteiger partial charge in [-0.2, -0.15) is 13.2 Å². The lowest BCUT2D eigenvalue weighted by Crippen LogP contribution is -2.54. The highest BCUT2D eigenvalue weighted by Gasteiger charge is 2.52. The van der Waals surface area contributed by atoms with Crippen LogP contribution >= 0.6 is 11.6 Å². The van der Waals surface area contributed by atoms with Gasteiger partial charge in [0.05, 0.1) is 28.2 Å². The molecule has 2 aromatic carbocycles. The highest BCUT2D eigenvalue weighted by Crippen LogP contribution is 2.50. The predicted molar refractivity (Wildman–Crippen MR) is 156 cm³/mol. The van der Waals surface area contributed by atoms with Gasteiger partial charge in [0.1, 0.15) is 5.75 Å². The largest absolute Gasteiger partial charge is 0.494 e. The van der Waals surface area contributed by atoms with Crippen LogP contribution in [0.4, 0.5) is 13.2 Å². The SMILES string of the molecule is CC.CCC1(CCOc2ccc(C(=O)N(C)C)c(Cl)c2)CCN(C(=O)C2(c3ccccc3C(F)(F)F)CCC2)CC1. The topological polar surface area (TPSA) is 49.9 Å². The van der Waals surface area contributed by atoms with Gasteiger partial charge in [-0.3, -0.25) is 9.59 Å². The van der Waals surface area contributed by atoms with Crippen molar-refractivity contribution in [2.24, 2.45) is 5.41 Å². The van der Waals surface area contributed by atoms with E-state index < -0.39 is 17.2 Å². The van der Waals surface area contributed by atoms with Gasteiger partial charge in [0.25, 0.3) is 5.91 Å². The van der Waals surface area contributed by atoms with Gasteiger partial charge in [-0.05, 0) is 67.3 Å². The van der Waals surface area contributed by atoms with Crippen LogP contribution in [0.15, 0.2) is 42.5 Å². The number of ether oxygens (including phenoxy) is 1. The number of rotatable bonds is 8. The second kappa shape index (κ2) is 13.5. The number of carbonyl (C=O) groups is 2. The lowest BCUT2D eigenvalue weighted by Gasteiger charge is -2.48. The van der Waals surface area contributed by atoms with Crippen molar-refractivity contribution in [2.45, 2.75) is 77.3 Å². The van der Waals surface area contributed by atoms with Gasteiger partial charge in [-0.15, -0.1) is 0 Å². The fraction of sp³-hybridized carbons (Fsp3) is 0.562. The minimum atomic E-state index is -4.49. The smallest absolute Gasteiger partial charge is 0.416 e. The molecule has 0 aromatic heterocycles. The van der Waals surface area contributed by atoms with Gasteiger partial charge in [-0.1, -0.05) is 63.4 Å². The van der Waals surface area contributed by atoms with Crippen LogP contribution < -0.4 is 4.74 Å². The molecule has 2 fully saturated rings. The molecule has 0 bridgehead atoms. The first kappa shape index (κ1) is 32.8. The predicted octanol–water partition coefficient (Wildman–Crippen LogP) is 8.00. The van der Waals surface area contributed by atoms with E-state index in [4.69, 9.17) is 16.3 Å². The molecule has 4 rings (SSSR count). The van der Waals surface area contributed by atoms with E-state index in [-0.39, 0.29) is 22.8 Å². The number of alkyl halides is 3. The van der Waals surface area contributed by atoms with Crippen LogP contribution in [-0.4, -0.2) is 55.4 Å². The number of halogens is 4. The molecule has 0 unspecified atom stereocenters. The third-order valence-corrected chi connectivity index (χ3v) is 9.02. The first-order chi connectivity index (χ1) is 19.4. The summed E-state index contributed by atoms with van der Waals surface area (Å²) in [6.07, 6.45) is 0.384. The summed E-state index contributed by atoms with van der Waals surface area (Å²) < 4.78 is 47.3. The third kappa shape index (κ3) is 7.02. The number of hydrogen-bond acceptors (Lipinski definition) is 3. The van der Waals surface area contributed by atoms with E-state index in [0.717, 1.165) is 38.2 Å². The van der Waals surface area contributed by atoms with Gasteiger partial charge in [0.2, 0.25) is 5.91 Å². The summed E-state index contributed by atoms with van der Waals surface area (Å²) >= 11 is 6.30. The average molecular weight is 595 g/mol. The van der Waals surface area contributed by atoms with Gasteiger partial charge in [0.15, 0.2) is 0 Å². The van der Waals surface area contributed by atoms with Gasteiger partial charge >= 0.3 is 6.18 Å². The number of benzene rings is 2. The van der Waals surface area contributed by atoms with Gasteiger partial charge < -0.3 is 14.5 Å². The van der Waals surface area contributed by atoms with E-state index >= 15 is 0 Å². The minimum absolute atomic E-state index is 0.0158. The second-order valence-corrected chi connectivity index (χ2v) is 11.5. The molecule has 1 saturated heterocycles. The Morgan fingerprint density at radius 3 is 2.17 bits per heavy atom. The molecular weight excluding hydrogens is 553 g/mol. The van der Waals surface area contributed by atoms with Crippen molar-refractivity contribution >= 4 is 23.4 Å². The second-order valence-electron chi connectivity index (χ2n) is 11.1. The van der Waals surface area contributed by atoms with Crippen molar-refractivity contribution in [2.75, 3.05) is 33.8 Å². The van der Waals surface area contributed by atoms with Crippen LogP contribution in [-0.2, 0) is 16.4 Å². The molecule has 0 atom stereocenters. The van der Waals surface area contributed by atoms with Crippen LogP contribution in [0.3, 0.4) is 0 Å². The Hall–Kier alpha value is -2.74. The zero-order valence-corrected chi connectivity index (χ0v) is 25.5. The highest BCUT2D eigenvalue weighted by atomic mass is 35.5. The standard InChI is InChI=1S/C30H36ClF3N2O3.C2H6/c1-4-28(16-19-39-21-10-11-22(25(31)20-21)26(37)35(2)3)14-17-36(18-15-28)27(38)29(12-7-13-29)23-8-5-6-9-24(23)30(32,33)34;1-2/h5-6,8-11,20H,4,7,12-19H2,1-3H3;1-2H3. The summed E-state index contributed by atoms with van der Waals surface area (Å²) in [5.41, 5.74) is -1.27. The van der Waals surface area contributed by atoms with E-state index in [0.29, 0.717) is 48.9 Å². The zero-order chi connectivity index (χ0) is 30.4. The van der Waals surface area contributed by atoms with Crippen LogP contribution in [0, 0.1) is 5.41 Å². The van der Waals surface area contributed by atoms with Gasteiger partial charge in [0, 0.05) is 27.2 Å². The molecule has 0 N–H and O–H groups in total. The van der Waals surface area contributed by atoms with Gasteiger partial charge in [-0.25, -0.2) is 0 Å². The van der Waals surface area contributed by atoms with Crippen LogP contribution in [0.5, 0.6) is 5.75 Å². The maximum absolute atomic E-state index is 13.8. The lowest BCUT2D eigenvalue weighted by molar-refractivity contribution is -0.146. The maximum atomic E-state index is 13.8. The Kier molecular flexibility index (Phi) is 10.8. The molecular formula is C32H42ClF3N2O3. The third-order valence-electron chi connectivity index (χ3n) is 8.70. The molecule has 0 spiro atoms. The Morgan fingerprint density at radius 1 is 1.02 bits per heavy atom. The number of likely N-dealkylation sites (tertiary alicyclic amines) is 1. The number of hydrogen-bond donors (Lipinski definition) is 0. The number of piperidine rings is 1. The van der Waals surface area contributed by atoms with Crippen LogP contribution in [0.25, 0.3) is 0 Å². The Morgan fingerprint density at radius 2 is 1.66 bits per heavy atom. The van der Waals surface area contributed by atoms with Crippen LogP contribution in [0.1, 0.15) is 87.2 Å².